The van der Waals surface area contributed by atoms with Crippen molar-refractivity contribution in [1.82, 2.24) is 0 Å². The number of hydrogen-bond donors (Lipinski definition) is 3. The first kappa shape index (κ1) is 36.1. The molecule has 0 saturated carbocycles. The first-order valence-corrected chi connectivity index (χ1v) is 15.5. The van der Waals surface area contributed by atoms with E-state index in [9.17, 15) is 14.4 Å². The van der Waals surface area contributed by atoms with Gasteiger partial charge in [0.15, 0.2) is 0 Å². The molecule has 222 valence electrons. The van der Waals surface area contributed by atoms with Gasteiger partial charge in [0.1, 0.15) is 0 Å². The average molecular weight is 541 g/mol. The normalized spacial score (nSPS) is 11.8. The van der Waals surface area contributed by atoms with Crippen molar-refractivity contribution in [2.75, 3.05) is 26.2 Å². The summed E-state index contributed by atoms with van der Waals surface area (Å²) in [5.41, 5.74) is 0. The number of quaternary nitrogens is 1. The molecule has 0 aliphatic heterocycles. The van der Waals surface area contributed by atoms with Gasteiger partial charge in [-0.05, 0) is 38.5 Å². The quantitative estimate of drug-likeness (QED) is 0.0506. The molecule has 7 heteroatoms. The fraction of sp³-hybridized carbons (Fsp3) is 0.839. The molecule has 0 atom stereocenters. The van der Waals surface area contributed by atoms with Gasteiger partial charge < -0.3 is 19.8 Å². The highest BCUT2D eigenvalue weighted by atomic mass is 16.4. The van der Waals surface area contributed by atoms with Crippen LogP contribution in [0.1, 0.15) is 142 Å². The molecular weight excluding hydrogens is 482 g/mol. The predicted octanol–water partition coefficient (Wildman–Crippen LogP) is 7.83. The van der Waals surface area contributed by atoms with E-state index in [1.54, 1.807) is 0 Å². The maximum absolute atomic E-state index is 11.0. The molecule has 0 aromatic carbocycles. The number of carboxylic acids is 3. The largest absolute Gasteiger partial charge is 0.481 e. The zero-order valence-electron chi connectivity index (χ0n) is 24.3. The molecular formula is C31H58NO6+. The number of nitrogens with zero attached hydrogens (tertiary/aromatic N) is 1. The van der Waals surface area contributed by atoms with Crippen LogP contribution in [0, 0.1) is 0 Å². The van der Waals surface area contributed by atoms with E-state index < -0.39 is 17.9 Å². The Morgan fingerprint density at radius 2 is 0.789 bits per heavy atom. The number of aliphatic carboxylic acids is 3. The van der Waals surface area contributed by atoms with Crippen LogP contribution in [0.2, 0.25) is 0 Å². The highest BCUT2D eigenvalue weighted by Crippen LogP contribution is 2.18. The molecule has 0 rings (SSSR count). The molecule has 0 amide bonds. The van der Waals surface area contributed by atoms with Crippen molar-refractivity contribution in [2.45, 2.75) is 142 Å². The predicted molar refractivity (Wildman–Crippen MR) is 154 cm³/mol. The van der Waals surface area contributed by atoms with Crippen molar-refractivity contribution in [1.29, 1.82) is 0 Å². The van der Waals surface area contributed by atoms with Gasteiger partial charge in [0.2, 0.25) is 0 Å². The monoisotopic (exact) mass is 540 g/mol. The number of hydrogen-bond acceptors (Lipinski definition) is 3. The molecule has 7 nitrogen and oxygen atoms in total. The Hall–Kier alpha value is -1.89. The van der Waals surface area contributed by atoms with Crippen molar-refractivity contribution >= 4 is 17.9 Å². The van der Waals surface area contributed by atoms with Crippen LogP contribution in [0.3, 0.4) is 0 Å². The lowest BCUT2D eigenvalue weighted by Gasteiger charge is -2.39. The Morgan fingerprint density at radius 1 is 0.474 bits per heavy atom. The highest BCUT2D eigenvalue weighted by Gasteiger charge is 2.27. The zero-order chi connectivity index (χ0) is 28.3. The summed E-state index contributed by atoms with van der Waals surface area (Å²) in [6.07, 6.45) is 25.4. The smallest absolute Gasteiger partial charge is 0.303 e. The topological polar surface area (TPSA) is 112 Å². The Kier molecular flexibility index (Phi) is 24.1. The lowest BCUT2D eigenvalue weighted by molar-refractivity contribution is -0.929. The Labute approximate surface area is 232 Å². The van der Waals surface area contributed by atoms with Gasteiger partial charge in [-0.25, -0.2) is 0 Å². The number of allylic oxidation sites excluding steroid dienone is 2. The summed E-state index contributed by atoms with van der Waals surface area (Å²) in [4.78, 5) is 33.1. The molecule has 0 aliphatic carbocycles. The van der Waals surface area contributed by atoms with E-state index in [1.165, 1.54) is 64.2 Å². The summed E-state index contributed by atoms with van der Waals surface area (Å²) < 4.78 is 0.627. The second-order valence-electron chi connectivity index (χ2n) is 11.0. The minimum atomic E-state index is -0.830. The number of unbranched alkanes of at least 4 members (excludes halogenated alkanes) is 13. The molecule has 0 bridgehead atoms. The summed E-state index contributed by atoms with van der Waals surface area (Å²) in [6.45, 7) is 5.08. The van der Waals surface area contributed by atoms with Crippen LogP contribution in [0.25, 0.3) is 0 Å². The van der Waals surface area contributed by atoms with E-state index in [4.69, 9.17) is 15.3 Å². The summed E-state index contributed by atoms with van der Waals surface area (Å²) in [5, 5.41) is 27.2. The third kappa shape index (κ3) is 24.4. The van der Waals surface area contributed by atoms with Crippen molar-refractivity contribution in [3.63, 3.8) is 0 Å². The SMILES string of the molecule is CCCCCCCCCCCC/C=C/CCCCC[N+](CCCC(=O)O)(CCCC(=O)O)CCCC(=O)O. The zero-order valence-corrected chi connectivity index (χ0v) is 24.3. The van der Waals surface area contributed by atoms with E-state index in [0.717, 1.165) is 38.6 Å². The van der Waals surface area contributed by atoms with Gasteiger partial charge in [-0.2, -0.15) is 0 Å². The number of rotatable bonds is 29. The average Bonchev–Trinajstić information content (AvgIpc) is 2.85. The Morgan fingerprint density at radius 3 is 1.16 bits per heavy atom. The molecule has 0 radical (unpaired) electrons. The molecule has 0 saturated heterocycles. The van der Waals surface area contributed by atoms with Gasteiger partial charge in [0.25, 0.3) is 0 Å². The van der Waals surface area contributed by atoms with Crippen molar-refractivity contribution in [2.24, 2.45) is 0 Å². The maximum atomic E-state index is 11.0. The Balaban J connectivity index is 4.28. The van der Waals surface area contributed by atoms with Crippen molar-refractivity contribution in [3.8, 4) is 0 Å². The van der Waals surface area contributed by atoms with E-state index in [1.807, 2.05) is 0 Å². The first-order valence-electron chi connectivity index (χ1n) is 15.5. The van der Waals surface area contributed by atoms with Crippen LogP contribution in [-0.2, 0) is 14.4 Å². The van der Waals surface area contributed by atoms with E-state index >= 15 is 0 Å². The fourth-order valence-electron chi connectivity index (χ4n) is 5.24. The van der Waals surface area contributed by atoms with Crippen LogP contribution in [-0.4, -0.2) is 63.9 Å². The third-order valence-electron chi connectivity index (χ3n) is 7.46. The number of carboxylic acid groups (broad SMARTS) is 3. The molecule has 0 fully saturated rings. The van der Waals surface area contributed by atoms with Crippen LogP contribution >= 0.6 is 0 Å². The highest BCUT2D eigenvalue weighted by molar-refractivity contribution is 5.67. The molecule has 0 aromatic heterocycles. The molecule has 0 spiro atoms. The summed E-state index contributed by atoms with van der Waals surface area (Å²) in [5.74, 6) is -2.49. The lowest BCUT2D eigenvalue weighted by Crippen LogP contribution is -2.51. The number of carbonyl (C=O) groups is 3. The van der Waals surface area contributed by atoms with E-state index in [0.29, 0.717) is 43.4 Å². The summed E-state index contributed by atoms with van der Waals surface area (Å²) >= 11 is 0. The van der Waals surface area contributed by atoms with Gasteiger partial charge in [0, 0.05) is 19.3 Å². The summed E-state index contributed by atoms with van der Waals surface area (Å²) in [7, 11) is 0. The fourth-order valence-corrected chi connectivity index (χ4v) is 5.24. The maximum Gasteiger partial charge on any atom is 0.303 e. The second-order valence-corrected chi connectivity index (χ2v) is 11.0. The van der Waals surface area contributed by atoms with Crippen LogP contribution in [0.5, 0.6) is 0 Å². The summed E-state index contributed by atoms with van der Waals surface area (Å²) in [6, 6.07) is 0. The minimum Gasteiger partial charge on any atom is -0.481 e. The first-order chi connectivity index (χ1) is 18.3. The van der Waals surface area contributed by atoms with Gasteiger partial charge in [-0.15, -0.1) is 0 Å². The third-order valence-corrected chi connectivity index (χ3v) is 7.46. The van der Waals surface area contributed by atoms with Crippen molar-refractivity contribution in [3.05, 3.63) is 12.2 Å². The van der Waals surface area contributed by atoms with Crippen molar-refractivity contribution < 1.29 is 34.2 Å². The van der Waals surface area contributed by atoms with E-state index in [-0.39, 0.29) is 19.3 Å². The van der Waals surface area contributed by atoms with Gasteiger partial charge in [0.05, 0.1) is 45.4 Å². The standard InChI is InChI=1S/C31H57NO6/c1-2-3-4-5-6-7-8-9-10-11-12-13-14-15-16-17-18-25-32(26-19-22-29(33)34,27-20-23-30(35)36)28-21-24-31(37)38/h13-14H,2-12,15-28H2,1H3,(H2-,33,34,35,36,37,38)/p+1/b14-13+. The van der Waals surface area contributed by atoms with Crippen LogP contribution in [0.4, 0.5) is 0 Å². The van der Waals surface area contributed by atoms with Gasteiger partial charge in [-0.1, -0.05) is 76.9 Å². The molecule has 0 heterocycles. The molecule has 0 unspecified atom stereocenters. The van der Waals surface area contributed by atoms with Crippen LogP contribution in [0.15, 0.2) is 12.2 Å². The Bertz CT molecular complexity index is 584. The lowest BCUT2D eigenvalue weighted by atomic mass is 10.1. The molecule has 0 aromatic rings. The second kappa shape index (κ2) is 25.4. The van der Waals surface area contributed by atoms with Gasteiger partial charge >= 0.3 is 17.9 Å². The van der Waals surface area contributed by atoms with Crippen LogP contribution < -0.4 is 0 Å². The minimum absolute atomic E-state index is 0.0850. The van der Waals surface area contributed by atoms with Gasteiger partial charge in [-0.3, -0.25) is 14.4 Å². The molecule has 38 heavy (non-hydrogen) atoms. The molecule has 0 aliphatic rings. The molecule has 3 N–H and O–H groups in total. The van der Waals surface area contributed by atoms with E-state index in [2.05, 4.69) is 19.1 Å².